The van der Waals surface area contributed by atoms with E-state index in [0.29, 0.717) is 0 Å². The first kappa shape index (κ1) is 25.6. The summed E-state index contributed by atoms with van der Waals surface area (Å²) in [5.41, 5.74) is 3.41. The van der Waals surface area contributed by atoms with E-state index in [0.717, 1.165) is 0 Å². The van der Waals surface area contributed by atoms with Crippen LogP contribution in [-0.2, 0) is 38.1 Å². The van der Waals surface area contributed by atoms with Gasteiger partial charge in [0.1, 0.15) is 12.7 Å². The van der Waals surface area contributed by atoms with Crippen molar-refractivity contribution in [2.45, 2.75) is 31.1 Å². The van der Waals surface area contributed by atoms with E-state index >= 15 is 0 Å². The van der Waals surface area contributed by atoms with Crippen LogP contribution in [-0.4, -0.2) is 57.4 Å². The predicted molar refractivity (Wildman–Crippen MR) is 105 cm³/mol. The Morgan fingerprint density at radius 2 is 2.00 bits per heavy atom. The normalized spacial score (nSPS) is 24.9. The van der Waals surface area contributed by atoms with Crippen LogP contribution in [0.4, 0.5) is 5.95 Å². The number of nitrogen functional groups attached to an aromatic ring is 1. The molecule has 2 aromatic rings. The van der Waals surface area contributed by atoms with Crippen LogP contribution in [0, 0.1) is 11.3 Å². The van der Waals surface area contributed by atoms with Gasteiger partial charge in [0.2, 0.25) is 5.95 Å². The number of nitrogens with two attached hydrogens (primary N) is 1. The molecule has 3 rings (SSSR count). The molecular formula is C12H17N6O12P3. The van der Waals surface area contributed by atoms with Gasteiger partial charge in [0.25, 0.3) is 5.56 Å². The number of phosphoric acid groups is 3. The average Bonchev–Trinajstić information content (AvgIpc) is 3.23. The molecule has 0 amide bonds. The van der Waals surface area contributed by atoms with Crippen molar-refractivity contribution < 1.29 is 51.2 Å². The molecule has 2 unspecified atom stereocenters. The fraction of sp³-hybridized carbons (Fsp3) is 0.500. The summed E-state index contributed by atoms with van der Waals surface area (Å²) in [5.74, 6) is -0.135. The zero-order valence-corrected chi connectivity index (χ0v) is 18.9. The number of nitriles is 1. The Bertz CT molecular complexity index is 1300. The Hall–Kier alpha value is -1.99. The minimum absolute atomic E-state index is 0.00666. The van der Waals surface area contributed by atoms with Crippen LogP contribution in [0.15, 0.2) is 11.1 Å². The lowest BCUT2D eigenvalue weighted by Gasteiger charge is -2.23. The fourth-order valence-corrected chi connectivity index (χ4v) is 6.06. The molecule has 0 bridgehead atoms. The first-order chi connectivity index (χ1) is 15.1. The van der Waals surface area contributed by atoms with Crippen molar-refractivity contribution in [3.8, 4) is 6.07 Å². The highest BCUT2D eigenvalue weighted by molar-refractivity contribution is 7.66. The molecule has 0 aromatic carbocycles. The molecular weight excluding hydrogens is 513 g/mol. The van der Waals surface area contributed by atoms with Crippen molar-refractivity contribution in [2.24, 2.45) is 0 Å². The van der Waals surface area contributed by atoms with Crippen LogP contribution in [0.25, 0.3) is 11.2 Å². The number of phosphoric ester groups is 1. The van der Waals surface area contributed by atoms with E-state index in [4.69, 9.17) is 20.3 Å². The van der Waals surface area contributed by atoms with Gasteiger partial charge in [0.05, 0.1) is 19.0 Å². The Balaban J connectivity index is 1.66. The lowest BCUT2D eigenvalue weighted by Crippen LogP contribution is -2.33. The summed E-state index contributed by atoms with van der Waals surface area (Å²) in [6, 6.07) is 1.78. The van der Waals surface area contributed by atoms with Gasteiger partial charge in [-0.05, 0) is 12.8 Å². The number of fused-ring (bicyclic) bond motifs is 1. The SMILES string of the molecule is N#C[C@@]1(COP(=O)(O)OP(=O)(O)OP(=O)(O)O)CC[C@H](Cn2cnc3c(=O)[nH]c(N)nc32)O1. The first-order valence-corrected chi connectivity index (χ1v) is 13.2. The van der Waals surface area contributed by atoms with Crippen LogP contribution in [0.5, 0.6) is 0 Å². The van der Waals surface area contributed by atoms with Gasteiger partial charge in [-0.25, -0.2) is 18.7 Å². The molecule has 18 nitrogen and oxygen atoms in total. The summed E-state index contributed by atoms with van der Waals surface area (Å²) in [7, 11) is -16.6. The number of hydrogen-bond acceptors (Lipinski definition) is 12. The van der Waals surface area contributed by atoms with Crippen LogP contribution in [0.1, 0.15) is 12.8 Å². The van der Waals surface area contributed by atoms with Crippen molar-refractivity contribution in [3.05, 3.63) is 16.7 Å². The summed E-state index contributed by atoms with van der Waals surface area (Å²) in [4.78, 5) is 57.9. The van der Waals surface area contributed by atoms with Crippen LogP contribution in [0.3, 0.4) is 0 Å². The molecule has 182 valence electrons. The molecule has 21 heteroatoms. The highest BCUT2D eigenvalue weighted by Crippen LogP contribution is 2.66. The number of H-pyrrole nitrogens is 1. The van der Waals surface area contributed by atoms with E-state index in [-0.39, 0.29) is 36.5 Å². The molecule has 2 aromatic heterocycles. The number of aromatic nitrogens is 4. The first-order valence-electron chi connectivity index (χ1n) is 8.71. The van der Waals surface area contributed by atoms with E-state index in [1.807, 2.05) is 0 Å². The number of aromatic amines is 1. The van der Waals surface area contributed by atoms with Gasteiger partial charge in [0, 0.05) is 0 Å². The number of nitrogens with zero attached hydrogens (tertiary/aromatic N) is 4. The summed E-state index contributed by atoms with van der Waals surface area (Å²) < 4.78 is 52.8. The molecule has 0 spiro atoms. The topological polar surface area (TPSA) is 282 Å². The van der Waals surface area contributed by atoms with Crippen LogP contribution < -0.4 is 11.3 Å². The summed E-state index contributed by atoms with van der Waals surface area (Å²) >= 11 is 0. The monoisotopic (exact) mass is 530 g/mol. The van der Waals surface area contributed by atoms with E-state index in [1.165, 1.54) is 10.9 Å². The third kappa shape index (κ3) is 6.54. The highest BCUT2D eigenvalue weighted by Gasteiger charge is 2.46. The number of hydrogen-bond donors (Lipinski definition) is 6. The number of nitrogens with one attached hydrogen (secondary N) is 1. The predicted octanol–water partition coefficient (Wildman–Crippen LogP) is -0.514. The minimum atomic E-state index is -5.69. The van der Waals surface area contributed by atoms with Crippen LogP contribution >= 0.6 is 23.5 Å². The second kappa shape index (κ2) is 8.99. The minimum Gasteiger partial charge on any atom is -0.369 e. The largest absolute Gasteiger partial charge is 0.490 e. The highest BCUT2D eigenvalue weighted by atomic mass is 31.3. The van der Waals surface area contributed by atoms with Crippen molar-refractivity contribution in [1.29, 1.82) is 5.26 Å². The molecule has 0 aliphatic carbocycles. The molecule has 7 N–H and O–H groups in total. The smallest absolute Gasteiger partial charge is 0.369 e. The summed E-state index contributed by atoms with van der Waals surface area (Å²) in [6.45, 7) is -0.829. The molecule has 33 heavy (non-hydrogen) atoms. The quantitative estimate of drug-likeness (QED) is 0.222. The third-order valence-corrected chi connectivity index (χ3v) is 8.02. The molecule has 1 aliphatic heterocycles. The van der Waals surface area contributed by atoms with Gasteiger partial charge in [-0.2, -0.15) is 18.9 Å². The summed E-state index contributed by atoms with van der Waals surface area (Å²) in [5, 5.41) is 9.49. The fourth-order valence-electron chi connectivity index (χ4n) is 2.99. The molecule has 1 saturated heterocycles. The van der Waals surface area contributed by atoms with Gasteiger partial charge in [0.15, 0.2) is 16.8 Å². The zero-order valence-electron chi connectivity index (χ0n) is 16.2. The summed E-state index contributed by atoms with van der Waals surface area (Å²) in [6.07, 6.45) is 0.917. The molecule has 1 aliphatic rings. The average molecular weight is 530 g/mol. The Kier molecular flexibility index (Phi) is 6.98. The number of anilines is 1. The van der Waals surface area contributed by atoms with Crippen molar-refractivity contribution >= 4 is 40.6 Å². The van der Waals surface area contributed by atoms with Crippen molar-refractivity contribution in [1.82, 2.24) is 19.5 Å². The second-order valence-electron chi connectivity index (χ2n) is 6.77. The van der Waals surface area contributed by atoms with Gasteiger partial charge in [-0.1, -0.05) is 0 Å². The van der Waals surface area contributed by atoms with Gasteiger partial charge in [-0.3, -0.25) is 14.3 Å². The zero-order chi connectivity index (χ0) is 24.7. The maximum absolute atomic E-state index is 11.9. The molecule has 4 atom stereocenters. The lowest BCUT2D eigenvalue weighted by atomic mass is 10.0. The van der Waals surface area contributed by atoms with Gasteiger partial charge >= 0.3 is 23.5 Å². The molecule has 1 fully saturated rings. The van der Waals surface area contributed by atoms with Crippen molar-refractivity contribution in [2.75, 3.05) is 12.3 Å². The van der Waals surface area contributed by atoms with E-state index in [9.17, 15) is 33.5 Å². The van der Waals surface area contributed by atoms with E-state index < -0.39 is 47.3 Å². The van der Waals surface area contributed by atoms with E-state index in [2.05, 4.69) is 28.1 Å². The Morgan fingerprint density at radius 1 is 1.30 bits per heavy atom. The number of imidazole rings is 1. The van der Waals surface area contributed by atoms with Gasteiger partial charge < -0.3 is 34.6 Å². The van der Waals surface area contributed by atoms with Gasteiger partial charge in [-0.15, -0.1) is 0 Å². The molecule has 3 heterocycles. The maximum atomic E-state index is 11.9. The van der Waals surface area contributed by atoms with Crippen LogP contribution in [0.2, 0.25) is 0 Å². The molecule has 0 radical (unpaired) electrons. The Morgan fingerprint density at radius 3 is 2.64 bits per heavy atom. The van der Waals surface area contributed by atoms with Crippen molar-refractivity contribution in [3.63, 3.8) is 0 Å². The second-order valence-corrected chi connectivity index (χ2v) is 11.2. The lowest BCUT2D eigenvalue weighted by molar-refractivity contribution is -0.0396. The third-order valence-electron chi connectivity index (χ3n) is 4.24. The maximum Gasteiger partial charge on any atom is 0.490 e. The number of rotatable bonds is 9. The standard InChI is InChI=1S/C12H17N6O12P3/c13-4-12(5-27-32(23,24)30-33(25,26)29-31(20,21)22)2-1-7(28-12)3-18-6-15-8-9(18)16-11(14)17-10(8)19/h6-7H,1-3,5H2,(H,23,24)(H,25,26)(H2,20,21,22)(H3,14,16,17,19)/t7-,12-/m1/s1. The number of ether oxygens (including phenoxy) is 1. The molecule has 0 saturated carbocycles. The Labute approximate surface area is 183 Å². The van der Waals surface area contributed by atoms with E-state index in [1.54, 1.807) is 6.07 Å².